The number of benzene rings is 1. The van der Waals surface area contributed by atoms with E-state index in [1.165, 1.54) is 12.3 Å². The Morgan fingerprint density at radius 3 is 2.84 bits per heavy atom. The maximum atomic E-state index is 14.3. The number of fused-ring (bicyclic) bond motifs is 4. The first kappa shape index (κ1) is 19.0. The molecule has 6 rings (SSSR count). The fourth-order valence-corrected chi connectivity index (χ4v) is 5.99. The summed E-state index contributed by atoms with van der Waals surface area (Å²) in [6.07, 6.45) is 3.90. The predicted molar refractivity (Wildman–Crippen MR) is 112 cm³/mol. The fourth-order valence-electron chi connectivity index (χ4n) is 4.66. The lowest BCUT2D eigenvalue weighted by atomic mass is 10.1. The highest BCUT2D eigenvalue weighted by atomic mass is 32.2. The monoisotopic (exact) mass is 444 g/mol. The summed E-state index contributed by atoms with van der Waals surface area (Å²) >= 11 is 0. The van der Waals surface area contributed by atoms with Crippen molar-refractivity contribution in [3.63, 3.8) is 0 Å². The van der Waals surface area contributed by atoms with Gasteiger partial charge < -0.3 is 19.4 Å². The zero-order valence-corrected chi connectivity index (χ0v) is 17.7. The van der Waals surface area contributed by atoms with Crippen molar-refractivity contribution in [1.29, 1.82) is 0 Å². The molecular formula is C21H21FN4O4S. The molecule has 0 amide bonds. The molecule has 8 nitrogen and oxygen atoms in total. The number of H-pyrrole nitrogens is 1. The Labute approximate surface area is 178 Å². The minimum absolute atomic E-state index is 0.00531. The summed E-state index contributed by atoms with van der Waals surface area (Å²) in [5.41, 5.74) is 1.42. The molecule has 10 heteroatoms. The molecule has 1 atom stereocenters. The van der Waals surface area contributed by atoms with E-state index in [1.54, 1.807) is 18.3 Å². The van der Waals surface area contributed by atoms with E-state index in [9.17, 15) is 12.8 Å². The smallest absolute Gasteiger partial charge is 0.185 e. The molecule has 4 heterocycles. The van der Waals surface area contributed by atoms with Crippen molar-refractivity contribution in [3.05, 3.63) is 35.9 Å². The van der Waals surface area contributed by atoms with Crippen LogP contribution in [0.25, 0.3) is 22.3 Å². The van der Waals surface area contributed by atoms with Crippen LogP contribution in [0.4, 0.5) is 10.2 Å². The third-order valence-corrected chi connectivity index (χ3v) is 8.55. The van der Waals surface area contributed by atoms with Gasteiger partial charge in [-0.15, -0.1) is 0 Å². The van der Waals surface area contributed by atoms with Crippen LogP contribution in [0, 0.1) is 5.82 Å². The number of anilines is 1. The van der Waals surface area contributed by atoms with Crippen molar-refractivity contribution in [1.82, 2.24) is 15.0 Å². The minimum atomic E-state index is -3.42. The van der Waals surface area contributed by atoms with E-state index >= 15 is 0 Å². The standard InChI is InChI=1S/C21H21FN4O4S/c1-31(27,28)21(5-6-21)18-17-20(26-8-9-29-10-12(26)11-30-17)25-19(24-18)14-2-3-15(22)16-13(14)4-7-23-16/h2-4,7,12,23H,5-6,8-11H2,1H3. The first-order valence-corrected chi connectivity index (χ1v) is 12.1. The van der Waals surface area contributed by atoms with E-state index in [0.29, 0.717) is 78.8 Å². The second-order valence-electron chi connectivity index (χ2n) is 8.41. The number of morpholine rings is 1. The molecule has 0 radical (unpaired) electrons. The lowest BCUT2D eigenvalue weighted by Gasteiger charge is -2.41. The summed E-state index contributed by atoms with van der Waals surface area (Å²) in [5.74, 6) is 1.03. The number of aromatic nitrogens is 3. The van der Waals surface area contributed by atoms with Gasteiger partial charge in [0.25, 0.3) is 0 Å². The van der Waals surface area contributed by atoms with Gasteiger partial charge in [-0.05, 0) is 31.0 Å². The summed E-state index contributed by atoms with van der Waals surface area (Å²) in [4.78, 5) is 14.6. The average Bonchev–Trinajstić information content (AvgIpc) is 3.44. The van der Waals surface area contributed by atoms with Crippen LogP contribution in [0.3, 0.4) is 0 Å². The first-order valence-electron chi connectivity index (χ1n) is 10.2. The lowest BCUT2D eigenvalue weighted by molar-refractivity contribution is 0.0692. The minimum Gasteiger partial charge on any atom is -0.486 e. The van der Waals surface area contributed by atoms with Crippen LogP contribution in [0.15, 0.2) is 24.4 Å². The second-order valence-corrected chi connectivity index (χ2v) is 10.7. The average molecular weight is 444 g/mol. The van der Waals surface area contributed by atoms with Gasteiger partial charge in [0.2, 0.25) is 0 Å². The molecule has 1 unspecified atom stereocenters. The van der Waals surface area contributed by atoms with Crippen LogP contribution in [0.5, 0.6) is 5.75 Å². The van der Waals surface area contributed by atoms with E-state index in [1.807, 2.05) is 0 Å². The van der Waals surface area contributed by atoms with Gasteiger partial charge in [0, 0.05) is 29.9 Å². The third-order valence-electron chi connectivity index (χ3n) is 6.53. The topological polar surface area (TPSA) is 97.4 Å². The van der Waals surface area contributed by atoms with E-state index in [0.717, 1.165) is 0 Å². The molecule has 3 aromatic rings. The number of ether oxygens (including phenoxy) is 2. The van der Waals surface area contributed by atoms with Gasteiger partial charge in [0.15, 0.2) is 27.2 Å². The number of hydrogen-bond acceptors (Lipinski definition) is 7. The van der Waals surface area contributed by atoms with Gasteiger partial charge in [-0.2, -0.15) is 0 Å². The van der Waals surface area contributed by atoms with Crippen LogP contribution >= 0.6 is 0 Å². The molecule has 3 aliphatic rings. The van der Waals surface area contributed by atoms with Gasteiger partial charge in [-0.1, -0.05) is 0 Å². The number of nitrogens with zero attached hydrogens (tertiary/aromatic N) is 3. The molecule has 31 heavy (non-hydrogen) atoms. The summed E-state index contributed by atoms with van der Waals surface area (Å²) in [6, 6.07) is 4.78. The molecular weight excluding hydrogens is 423 g/mol. The van der Waals surface area contributed by atoms with Gasteiger partial charge in [-0.3, -0.25) is 0 Å². The zero-order valence-electron chi connectivity index (χ0n) is 16.9. The Balaban J connectivity index is 1.62. The molecule has 1 saturated carbocycles. The number of halogens is 1. The van der Waals surface area contributed by atoms with Gasteiger partial charge in [0.1, 0.15) is 22.9 Å². The van der Waals surface area contributed by atoms with Crippen LogP contribution in [-0.2, 0) is 19.3 Å². The van der Waals surface area contributed by atoms with E-state index in [2.05, 4.69) is 9.88 Å². The lowest BCUT2D eigenvalue weighted by Crippen LogP contribution is -2.52. The van der Waals surface area contributed by atoms with Crippen molar-refractivity contribution in [2.45, 2.75) is 23.6 Å². The molecule has 162 valence electrons. The molecule has 2 fully saturated rings. The number of rotatable bonds is 3. The molecule has 2 aliphatic heterocycles. The third kappa shape index (κ3) is 2.71. The highest BCUT2D eigenvalue weighted by molar-refractivity contribution is 7.92. The van der Waals surface area contributed by atoms with Crippen molar-refractivity contribution in [2.24, 2.45) is 0 Å². The van der Waals surface area contributed by atoms with E-state index in [-0.39, 0.29) is 11.9 Å². The van der Waals surface area contributed by atoms with Crippen LogP contribution in [0.2, 0.25) is 0 Å². The Morgan fingerprint density at radius 1 is 1.23 bits per heavy atom. The van der Waals surface area contributed by atoms with Gasteiger partial charge in [0.05, 0.1) is 24.8 Å². The van der Waals surface area contributed by atoms with Crippen molar-refractivity contribution >= 4 is 26.6 Å². The zero-order chi connectivity index (χ0) is 21.4. The summed E-state index contributed by atoms with van der Waals surface area (Å²) in [5, 5.41) is 0.644. The normalized spacial score (nSPS) is 22.0. The molecule has 1 aliphatic carbocycles. The molecule has 0 spiro atoms. The number of sulfone groups is 1. The van der Waals surface area contributed by atoms with Gasteiger partial charge in [-0.25, -0.2) is 22.8 Å². The second kappa shape index (κ2) is 6.39. The first-order chi connectivity index (χ1) is 14.9. The maximum Gasteiger partial charge on any atom is 0.185 e. The number of aromatic amines is 1. The SMILES string of the molecule is CS(=O)(=O)C1(c2nc(-c3ccc(F)c4[nH]ccc34)nc3c2OCC2COCCN32)CC1. The van der Waals surface area contributed by atoms with Crippen molar-refractivity contribution < 1.29 is 22.3 Å². The maximum absolute atomic E-state index is 14.3. The number of nitrogens with one attached hydrogen (secondary N) is 1. The summed E-state index contributed by atoms with van der Waals surface area (Å²) in [6.45, 7) is 2.09. The molecule has 1 N–H and O–H groups in total. The predicted octanol–water partition coefficient (Wildman–Crippen LogP) is 2.40. The van der Waals surface area contributed by atoms with Crippen molar-refractivity contribution in [3.8, 4) is 17.1 Å². The molecule has 1 aromatic carbocycles. The highest BCUT2D eigenvalue weighted by Crippen LogP contribution is 2.56. The van der Waals surface area contributed by atoms with Crippen LogP contribution < -0.4 is 9.64 Å². The van der Waals surface area contributed by atoms with E-state index in [4.69, 9.17) is 19.4 Å². The van der Waals surface area contributed by atoms with Crippen LogP contribution in [0.1, 0.15) is 18.5 Å². The molecule has 2 aromatic heterocycles. The largest absolute Gasteiger partial charge is 0.486 e. The van der Waals surface area contributed by atoms with Gasteiger partial charge >= 0.3 is 0 Å². The summed E-state index contributed by atoms with van der Waals surface area (Å²) < 4.78 is 50.3. The summed E-state index contributed by atoms with van der Waals surface area (Å²) in [7, 11) is -3.42. The quantitative estimate of drug-likeness (QED) is 0.662. The van der Waals surface area contributed by atoms with Crippen LogP contribution in [-0.4, -0.2) is 62.0 Å². The molecule has 1 saturated heterocycles. The number of hydrogen-bond donors (Lipinski definition) is 1. The fraction of sp³-hybridized carbons (Fsp3) is 0.429. The Hall–Kier alpha value is -2.72. The van der Waals surface area contributed by atoms with E-state index < -0.39 is 14.6 Å². The Morgan fingerprint density at radius 2 is 2.06 bits per heavy atom. The Bertz CT molecular complexity index is 1320. The highest BCUT2D eigenvalue weighted by Gasteiger charge is 2.58. The molecule has 0 bridgehead atoms. The van der Waals surface area contributed by atoms with Crippen molar-refractivity contribution in [2.75, 3.05) is 37.5 Å². The Kier molecular flexibility index (Phi) is 3.92.